The Morgan fingerprint density at radius 2 is 2.28 bits per heavy atom. The number of hydrogen-bond donors (Lipinski definition) is 1. The van der Waals surface area contributed by atoms with Gasteiger partial charge in [-0.2, -0.15) is 11.3 Å². The number of amides is 1. The third-order valence-corrected chi connectivity index (χ3v) is 4.36. The first kappa shape index (κ1) is 13.6. The quantitative estimate of drug-likeness (QED) is 0.894. The van der Waals surface area contributed by atoms with E-state index < -0.39 is 6.04 Å². The normalized spacial score (nSPS) is 22.2. The van der Waals surface area contributed by atoms with Gasteiger partial charge < -0.3 is 10.6 Å². The zero-order valence-electron chi connectivity index (χ0n) is 11.3. The molecule has 1 amide bonds. The van der Waals surface area contributed by atoms with Gasteiger partial charge in [-0.3, -0.25) is 4.79 Å². The van der Waals surface area contributed by atoms with Crippen molar-refractivity contribution in [3.63, 3.8) is 0 Å². The van der Waals surface area contributed by atoms with Crippen LogP contribution >= 0.6 is 11.3 Å². The average molecular weight is 266 g/mol. The Kier molecular flexibility index (Phi) is 3.78. The van der Waals surface area contributed by atoms with Gasteiger partial charge in [-0.1, -0.05) is 20.8 Å². The van der Waals surface area contributed by atoms with Gasteiger partial charge in [0.2, 0.25) is 5.91 Å². The fraction of sp³-hybridized carbons (Fsp3) is 0.643. The standard InChI is InChI=1S/C14H22N2OS/c1-14(2,3)12(15)13(17)16-7-4-5-11(16)10-6-8-18-9-10/h6,8-9,11-12H,4-5,7,15H2,1-3H3/t11?,12-/m1/s1. The van der Waals surface area contributed by atoms with Gasteiger partial charge in [0, 0.05) is 6.54 Å². The van der Waals surface area contributed by atoms with Crippen LogP contribution in [0.5, 0.6) is 0 Å². The first-order valence-electron chi connectivity index (χ1n) is 6.49. The highest BCUT2D eigenvalue weighted by Crippen LogP contribution is 2.34. The van der Waals surface area contributed by atoms with Crippen LogP contribution in [0, 0.1) is 5.41 Å². The maximum Gasteiger partial charge on any atom is 0.240 e. The summed E-state index contributed by atoms with van der Waals surface area (Å²) in [5.41, 5.74) is 7.18. The van der Waals surface area contributed by atoms with E-state index in [0.29, 0.717) is 0 Å². The van der Waals surface area contributed by atoms with Gasteiger partial charge in [0.05, 0.1) is 12.1 Å². The highest BCUT2D eigenvalue weighted by atomic mass is 32.1. The summed E-state index contributed by atoms with van der Waals surface area (Å²) in [7, 11) is 0. The molecule has 1 unspecified atom stereocenters. The number of hydrogen-bond acceptors (Lipinski definition) is 3. The second kappa shape index (κ2) is 5.02. The number of nitrogens with two attached hydrogens (primary N) is 1. The van der Waals surface area contributed by atoms with Crippen molar-refractivity contribution in [3.05, 3.63) is 22.4 Å². The fourth-order valence-corrected chi connectivity index (χ4v) is 3.10. The van der Waals surface area contributed by atoms with Crippen molar-refractivity contribution in [1.29, 1.82) is 0 Å². The van der Waals surface area contributed by atoms with E-state index in [4.69, 9.17) is 5.73 Å². The van der Waals surface area contributed by atoms with Gasteiger partial charge in [-0.05, 0) is 40.6 Å². The Morgan fingerprint density at radius 3 is 2.83 bits per heavy atom. The molecule has 4 heteroatoms. The van der Waals surface area contributed by atoms with Crippen molar-refractivity contribution >= 4 is 17.2 Å². The molecule has 1 aromatic heterocycles. The number of carbonyl (C=O) groups excluding carboxylic acids is 1. The fourth-order valence-electron chi connectivity index (χ4n) is 2.39. The Hall–Kier alpha value is -0.870. The van der Waals surface area contributed by atoms with Crippen LogP contribution in [0.15, 0.2) is 16.8 Å². The second-order valence-corrected chi connectivity index (χ2v) is 6.87. The third kappa shape index (κ3) is 2.59. The first-order valence-corrected chi connectivity index (χ1v) is 7.43. The van der Waals surface area contributed by atoms with Gasteiger partial charge in [0.15, 0.2) is 0 Å². The Labute approximate surface area is 113 Å². The molecule has 1 aromatic rings. The number of likely N-dealkylation sites (tertiary alicyclic amines) is 1. The second-order valence-electron chi connectivity index (χ2n) is 6.09. The zero-order valence-corrected chi connectivity index (χ0v) is 12.2. The zero-order chi connectivity index (χ0) is 13.3. The molecular formula is C14H22N2OS. The van der Waals surface area contributed by atoms with Crippen molar-refractivity contribution in [2.24, 2.45) is 11.1 Å². The number of thiophene rings is 1. The summed E-state index contributed by atoms with van der Waals surface area (Å²) in [6, 6.07) is 1.93. The molecule has 0 radical (unpaired) electrons. The molecule has 1 aliphatic heterocycles. The summed E-state index contributed by atoms with van der Waals surface area (Å²) in [5, 5.41) is 4.21. The van der Waals surface area contributed by atoms with Gasteiger partial charge in [0.1, 0.15) is 0 Å². The molecule has 3 nitrogen and oxygen atoms in total. The molecule has 0 spiro atoms. The molecule has 2 N–H and O–H groups in total. The molecule has 18 heavy (non-hydrogen) atoms. The maximum absolute atomic E-state index is 12.5. The monoisotopic (exact) mass is 266 g/mol. The van der Waals surface area contributed by atoms with E-state index >= 15 is 0 Å². The largest absolute Gasteiger partial charge is 0.334 e. The lowest BCUT2D eigenvalue weighted by molar-refractivity contribution is -0.135. The number of carbonyl (C=O) groups is 1. The summed E-state index contributed by atoms with van der Waals surface area (Å²) in [4.78, 5) is 14.5. The molecular weight excluding hydrogens is 244 g/mol. The van der Waals surface area contributed by atoms with Gasteiger partial charge >= 0.3 is 0 Å². The van der Waals surface area contributed by atoms with Crippen LogP contribution in [0.3, 0.4) is 0 Å². The first-order chi connectivity index (χ1) is 8.41. The minimum Gasteiger partial charge on any atom is -0.334 e. The van der Waals surface area contributed by atoms with Gasteiger partial charge in [-0.25, -0.2) is 0 Å². The molecule has 1 aliphatic rings. The van der Waals surface area contributed by atoms with E-state index in [1.165, 1.54) is 5.56 Å². The Morgan fingerprint density at radius 1 is 1.56 bits per heavy atom. The number of nitrogens with zero attached hydrogens (tertiary/aromatic N) is 1. The van der Waals surface area contributed by atoms with Crippen molar-refractivity contribution in [2.45, 2.75) is 45.7 Å². The van der Waals surface area contributed by atoms with Crippen LogP contribution < -0.4 is 5.73 Å². The van der Waals surface area contributed by atoms with E-state index in [-0.39, 0.29) is 17.4 Å². The van der Waals surface area contributed by atoms with Crippen LogP contribution in [-0.4, -0.2) is 23.4 Å². The molecule has 0 saturated carbocycles. The van der Waals surface area contributed by atoms with Crippen LogP contribution in [0.2, 0.25) is 0 Å². The van der Waals surface area contributed by atoms with Crippen molar-refractivity contribution < 1.29 is 4.79 Å². The van der Waals surface area contributed by atoms with Crippen LogP contribution in [-0.2, 0) is 4.79 Å². The summed E-state index contributed by atoms with van der Waals surface area (Å²) in [5.74, 6) is 0.0937. The van der Waals surface area contributed by atoms with E-state index in [1.807, 2.05) is 25.7 Å². The maximum atomic E-state index is 12.5. The molecule has 2 rings (SSSR count). The van der Waals surface area contributed by atoms with Crippen LogP contribution in [0.4, 0.5) is 0 Å². The molecule has 0 aromatic carbocycles. The van der Waals surface area contributed by atoms with E-state index in [9.17, 15) is 4.79 Å². The highest BCUT2D eigenvalue weighted by molar-refractivity contribution is 7.07. The van der Waals surface area contributed by atoms with E-state index in [2.05, 4.69) is 16.8 Å². The van der Waals surface area contributed by atoms with Gasteiger partial charge in [0.25, 0.3) is 0 Å². The highest BCUT2D eigenvalue weighted by Gasteiger charge is 2.37. The Bertz CT molecular complexity index is 408. The molecule has 2 heterocycles. The van der Waals surface area contributed by atoms with Crippen LogP contribution in [0.25, 0.3) is 0 Å². The van der Waals surface area contributed by atoms with Crippen molar-refractivity contribution in [3.8, 4) is 0 Å². The minimum absolute atomic E-state index is 0.0937. The minimum atomic E-state index is -0.420. The van der Waals surface area contributed by atoms with Crippen LogP contribution in [0.1, 0.15) is 45.2 Å². The summed E-state index contributed by atoms with van der Waals surface area (Å²) < 4.78 is 0. The summed E-state index contributed by atoms with van der Waals surface area (Å²) in [6.45, 7) is 6.89. The molecule has 1 fully saturated rings. The molecule has 100 valence electrons. The lowest BCUT2D eigenvalue weighted by Crippen LogP contribution is -2.50. The topological polar surface area (TPSA) is 46.3 Å². The van der Waals surface area contributed by atoms with Crippen molar-refractivity contribution in [2.75, 3.05) is 6.54 Å². The lowest BCUT2D eigenvalue weighted by atomic mass is 9.86. The van der Waals surface area contributed by atoms with Crippen molar-refractivity contribution in [1.82, 2.24) is 4.90 Å². The third-order valence-electron chi connectivity index (χ3n) is 3.66. The molecule has 2 atom stereocenters. The predicted octanol–water partition coefficient (Wildman–Crippen LogP) is 2.79. The lowest BCUT2D eigenvalue weighted by Gasteiger charge is -2.33. The Balaban J connectivity index is 2.15. The van der Waals surface area contributed by atoms with E-state index in [0.717, 1.165) is 19.4 Å². The molecule has 0 aliphatic carbocycles. The van der Waals surface area contributed by atoms with E-state index in [1.54, 1.807) is 11.3 Å². The number of rotatable bonds is 2. The smallest absolute Gasteiger partial charge is 0.240 e. The molecule has 1 saturated heterocycles. The summed E-state index contributed by atoms with van der Waals surface area (Å²) in [6.07, 6.45) is 2.13. The predicted molar refractivity (Wildman–Crippen MR) is 75.4 cm³/mol. The SMILES string of the molecule is CC(C)(C)[C@H](N)C(=O)N1CCCC1c1ccsc1. The summed E-state index contributed by atoms with van der Waals surface area (Å²) >= 11 is 1.68. The average Bonchev–Trinajstić information content (AvgIpc) is 2.95. The van der Waals surface area contributed by atoms with Gasteiger partial charge in [-0.15, -0.1) is 0 Å². The molecule has 0 bridgehead atoms.